The second kappa shape index (κ2) is 7.00. The number of aromatic nitrogens is 3. The van der Waals surface area contributed by atoms with Crippen LogP contribution in [0.25, 0.3) is 16.8 Å². The highest BCUT2D eigenvalue weighted by Gasteiger charge is 2.39. The van der Waals surface area contributed by atoms with Crippen molar-refractivity contribution in [1.82, 2.24) is 19.5 Å². The van der Waals surface area contributed by atoms with Gasteiger partial charge in [0.05, 0.1) is 12.2 Å². The molecule has 2 aromatic heterocycles. The van der Waals surface area contributed by atoms with Gasteiger partial charge in [-0.15, -0.1) is 0 Å². The van der Waals surface area contributed by atoms with Gasteiger partial charge in [0.15, 0.2) is 5.65 Å². The van der Waals surface area contributed by atoms with Gasteiger partial charge in [-0.2, -0.15) is 10.1 Å². The van der Waals surface area contributed by atoms with Crippen LogP contribution >= 0.6 is 0 Å². The van der Waals surface area contributed by atoms with Crippen LogP contribution in [0.1, 0.15) is 6.42 Å². The van der Waals surface area contributed by atoms with Gasteiger partial charge < -0.3 is 19.7 Å². The van der Waals surface area contributed by atoms with Gasteiger partial charge in [0.2, 0.25) is 5.88 Å². The maximum atomic E-state index is 14.3. The van der Waals surface area contributed by atoms with Crippen molar-refractivity contribution in [2.24, 2.45) is 0 Å². The molecule has 0 spiro atoms. The Hall–Kier alpha value is -3.20. The first-order valence-corrected chi connectivity index (χ1v) is 9.47. The van der Waals surface area contributed by atoms with E-state index in [1.807, 2.05) is 6.07 Å². The van der Waals surface area contributed by atoms with Crippen molar-refractivity contribution >= 4 is 17.2 Å². The summed E-state index contributed by atoms with van der Waals surface area (Å²) in [5.74, 6) is 0.00848. The minimum Gasteiger partial charge on any atom is -0.475 e. The van der Waals surface area contributed by atoms with Crippen molar-refractivity contribution in [3.8, 4) is 17.0 Å². The van der Waals surface area contributed by atoms with Crippen molar-refractivity contribution < 1.29 is 18.7 Å². The predicted molar refractivity (Wildman–Crippen MR) is 103 cm³/mol. The SMILES string of the molecule is CO[C@H]1C[C@H]2COc3ccn4ncc(c4n3)-c3cc(F)cc(c3)NCCN2C1=O. The standard InChI is InChI=1S/C20H20FN5O3/c1-28-17-9-15-11-29-18-2-4-26-19(24-18)16(10-23-26)12-6-13(21)8-14(7-12)22-3-5-25(15)20(17)27/h2,4,6-8,10,15,17,22H,3,5,9,11H2,1H3/t15-,17-/m0/s1. The van der Waals surface area contributed by atoms with Crippen molar-refractivity contribution in [3.05, 3.63) is 42.5 Å². The van der Waals surface area contributed by atoms with E-state index in [1.54, 1.807) is 27.9 Å². The first-order chi connectivity index (χ1) is 14.1. The van der Waals surface area contributed by atoms with E-state index in [2.05, 4.69) is 15.4 Å². The summed E-state index contributed by atoms with van der Waals surface area (Å²) in [4.78, 5) is 19.0. The molecule has 1 saturated heterocycles. The average molecular weight is 397 g/mol. The minimum absolute atomic E-state index is 0.0589. The highest BCUT2D eigenvalue weighted by molar-refractivity contribution is 5.84. The molecule has 9 heteroatoms. The molecule has 2 aliphatic rings. The molecule has 3 aromatic rings. The number of ether oxygens (including phenoxy) is 2. The quantitative estimate of drug-likeness (QED) is 0.676. The molecule has 4 bridgehead atoms. The number of halogens is 1. The Morgan fingerprint density at radius 2 is 2.24 bits per heavy atom. The van der Waals surface area contributed by atoms with Crippen molar-refractivity contribution in [2.45, 2.75) is 18.6 Å². The molecular weight excluding hydrogens is 377 g/mol. The molecule has 1 fully saturated rings. The normalized spacial score (nSPS) is 21.6. The van der Waals surface area contributed by atoms with Crippen LogP contribution in [0.15, 0.2) is 36.7 Å². The van der Waals surface area contributed by atoms with Gasteiger partial charge in [0.1, 0.15) is 18.5 Å². The van der Waals surface area contributed by atoms with Crippen LogP contribution in [-0.4, -0.2) is 64.4 Å². The highest BCUT2D eigenvalue weighted by atomic mass is 19.1. The lowest BCUT2D eigenvalue weighted by molar-refractivity contribution is -0.136. The van der Waals surface area contributed by atoms with Crippen molar-refractivity contribution in [2.75, 3.05) is 32.1 Å². The largest absolute Gasteiger partial charge is 0.475 e. The number of carbonyl (C=O) groups excluding carboxylic acids is 1. The van der Waals surface area contributed by atoms with Crippen LogP contribution in [0.5, 0.6) is 5.88 Å². The summed E-state index contributed by atoms with van der Waals surface area (Å²) in [6.45, 7) is 1.26. The zero-order valence-electron chi connectivity index (χ0n) is 15.8. The molecule has 1 aromatic carbocycles. The number of methoxy groups -OCH3 is 1. The molecule has 4 heterocycles. The Morgan fingerprint density at radius 1 is 1.34 bits per heavy atom. The summed E-state index contributed by atoms with van der Waals surface area (Å²) >= 11 is 0. The number of amides is 1. The van der Waals surface area contributed by atoms with Crippen LogP contribution in [0.2, 0.25) is 0 Å². The van der Waals surface area contributed by atoms with Gasteiger partial charge in [0.25, 0.3) is 5.91 Å². The summed E-state index contributed by atoms with van der Waals surface area (Å²) in [6, 6.07) is 6.34. The maximum absolute atomic E-state index is 14.3. The lowest BCUT2D eigenvalue weighted by atomic mass is 10.1. The molecule has 150 valence electrons. The van der Waals surface area contributed by atoms with Gasteiger partial charge in [0, 0.05) is 50.1 Å². The van der Waals surface area contributed by atoms with Crippen LogP contribution in [0.3, 0.4) is 0 Å². The Balaban J connectivity index is 1.58. The average Bonchev–Trinajstić information content (AvgIpc) is 3.26. The molecule has 8 nitrogen and oxygen atoms in total. The first-order valence-electron chi connectivity index (χ1n) is 9.47. The molecule has 0 unspecified atom stereocenters. The minimum atomic E-state index is -0.475. The smallest absolute Gasteiger partial charge is 0.252 e. The molecular formula is C20H20FN5O3. The topological polar surface area (TPSA) is 81.0 Å². The zero-order chi connectivity index (χ0) is 20.0. The maximum Gasteiger partial charge on any atom is 0.252 e. The van der Waals surface area contributed by atoms with Gasteiger partial charge >= 0.3 is 0 Å². The fourth-order valence-electron chi connectivity index (χ4n) is 3.97. The summed E-state index contributed by atoms with van der Waals surface area (Å²) < 4.78 is 27.1. The second-order valence-corrected chi connectivity index (χ2v) is 7.20. The molecule has 0 aliphatic carbocycles. The number of rotatable bonds is 1. The van der Waals surface area contributed by atoms with Gasteiger partial charge in [-0.25, -0.2) is 8.91 Å². The van der Waals surface area contributed by atoms with E-state index >= 15 is 0 Å². The van der Waals surface area contributed by atoms with E-state index < -0.39 is 6.10 Å². The molecule has 0 radical (unpaired) electrons. The number of anilines is 1. The Morgan fingerprint density at radius 3 is 3.10 bits per heavy atom. The van der Waals surface area contributed by atoms with Crippen molar-refractivity contribution in [3.63, 3.8) is 0 Å². The van der Waals surface area contributed by atoms with E-state index in [9.17, 15) is 9.18 Å². The van der Waals surface area contributed by atoms with Gasteiger partial charge in [-0.3, -0.25) is 4.79 Å². The van der Waals surface area contributed by atoms with Crippen LogP contribution in [-0.2, 0) is 9.53 Å². The van der Waals surface area contributed by atoms with Crippen molar-refractivity contribution in [1.29, 1.82) is 0 Å². The third-order valence-corrected chi connectivity index (χ3v) is 5.43. The second-order valence-electron chi connectivity index (χ2n) is 7.20. The lowest BCUT2D eigenvalue weighted by Crippen LogP contribution is -2.41. The summed E-state index contributed by atoms with van der Waals surface area (Å²) in [7, 11) is 1.54. The van der Waals surface area contributed by atoms with E-state index in [0.717, 1.165) is 0 Å². The predicted octanol–water partition coefficient (Wildman–Crippen LogP) is 1.96. The van der Waals surface area contributed by atoms with E-state index in [0.29, 0.717) is 54.5 Å². The monoisotopic (exact) mass is 397 g/mol. The first kappa shape index (κ1) is 17.9. The van der Waals surface area contributed by atoms with Crippen LogP contribution < -0.4 is 10.1 Å². The molecule has 1 amide bonds. The Bertz CT molecular complexity index is 1090. The highest BCUT2D eigenvalue weighted by Crippen LogP contribution is 2.29. The number of nitrogens with one attached hydrogen (secondary N) is 1. The van der Waals surface area contributed by atoms with Crippen LogP contribution in [0.4, 0.5) is 10.1 Å². The molecule has 5 rings (SSSR count). The van der Waals surface area contributed by atoms with E-state index in [1.165, 1.54) is 19.2 Å². The third-order valence-electron chi connectivity index (χ3n) is 5.43. The number of hydrogen-bond donors (Lipinski definition) is 1. The van der Waals surface area contributed by atoms with E-state index in [-0.39, 0.29) is 17.8 Å². The zero-order valence-corrected chi connectivity index (χ0v) is 15.8. The summed E-state index contributed by atoms with van der Waals surface area (Å²) in [6.07, 6.45) is 3.49. The number of carbonyl (C=O) groups is 1. The Kier molecular flexibility index (Phi) is 4.31. The summed E-state index contributed by atoms with van der Waals surface area (Å²) in [5, 5.41) is 7.52. The molecule has 2 atom stereocenters. The number of fused-ring (bicyclic) bond motifs is 5. The van der Waals surface area contributed by atoms with Gasteiger partial charge in [-0.05, 0) is 23.8 Å². The summed E-state index contributed by atoms with van der Waals surface area (Å²) in [5.41, 5.74) is 2.59. The number of benzene rings is 1. The fraction of sp³-hybridized carbons (Fsp3) is 0.350. The van der Waals surface area contributed by atoms with E-state index in [4.69, 9.17) is 9.47 Å². The van der Waals surface area contributed by atoms with Crippen LogP contribution in [0, 0.1) is 5.82 Å². The lowest BCUT2D eigenvalue weighted by Gasteiger charge is -2.25. The Labute approximate surface area is 166 Å². The molecule has 0 saturated carbocycles. The van der Waals surface area contributed by atoms with Gasteiger partial charge in [-0.1, -0.05) is 0 Å². The molecule has 29 heavy (non-hydrogen) atoms. The fourth-order valence-corrected chi connectivity index (χ4v) is 3.97. The number of hydrogen-bond acceptors (Lipinski definition) is 6. The molecule has 2 aliphatic heterocycles. The third kappa shape index (κ3) is 3.17. The number of nitrogens with zero attached hydrogens (tertiary/aromatic N) is 4. The molecule has 1 N–H and O–H groups in total.